The highest BCUT2D eigenvalue weighted by atomic mass is 32.1. The molecule has 3 rings (SSSR count). The summed E-state index contributed by atoms with van der Waals surface area (Å²) in [5.41, 5.74) is 2.53. The Morgan fingerprint density at radius 2 is 2.10 bits per heavy atom. The Kier molecular flexibility index (Phi) is 3.75. The third kappa shape index (κ3) is 2.70. The molecule has 0 radical (unpaired) electrons. The van der Waals surface area contributed by atoms with E-state index >= 15 is 0 Å². The topological polar surface area (TPSA) is 24.9 Å². The van der Waals surface area contributed by atoms with Crippen LogP contribution in [0.15, 0.2) is 30.5 Å². The van der Waals surface area contributed by atoms with Gasteiger partial charge in [-0.25, -0.2) is 4.98 Å². The van der Waals surface area contributed by atoms with Crippen LogP contribution < -0.4 is 5.32 Å². The molecule has 2 aromatic rings. The third-order valence-electron chi connectivity index (χ3n) is 3.97. The number of nitrogens with one attached hydrogen (secondary N) is 1. The number of thiazole rings is 1. The maximum absolute atomic E-state index is 12.7. The lowest BCUT2D eigenvalue weighted by molar-refractivity contribution is -0.137. The van der Waals surface area contributed by atoms with Crippen LogP contribution in [0.5, 0.6) is 0 Å². The monoisotopic (exact) mass is 312 g/mol. The summed E-state index contributed by atoms with van der Waals surface area (Å²) in [6.45, 7) is 0. The molecular weight excluding hydrogens is 297 g/mol. The highest BCUT2D eigenvalue weighted by Crippen LogP contribution is 2.44. The van der Waals surface area contributed by atoms with Gasteiger partial charge in [0.25, 0.3) is 0 Å². The second-order valence-corrected chi connectivity index (χ2v) is 6.24. The predicted molar refractivity (Wildman–Crippen MR) is 76.4 cm³/mol. The summed E-state index contributed by atoms with van der Waals surface area (Å²) in [4.78, 5) is 4.18. The van der Waals surface area contributed by atoms with Crippen molar-refractivity contribution < 1.29 is 13.2 Å². The average Bonchev–Trinajstić information content (AvgIpc) is 3.07. The summed E-state index contributed by atoms with van der Waals surface area (Å²) in [7, 11) is 1.79. The van der Waals surface area contributed by atoms with Gasteiger partial charge in [-0.15, -0.1) is 11.3 Å². The standard InChI is InChI=1S/C15H15F3N2S/c1-19-13(12-8-20-14(21-12)15(16,17)18)11-7-6-9-4-2-3-5-10(9)11/h2-5,8,11,13,19H,6-7H2,1H3. The normalized spacial score (nSPS) is 19.5. The molecule has 0 bridgehead atoms. The minimum Gasteiger partial charge on any atom is -0.312 e. The lowest BCUT2D eigenvalue weighted by Gasteiger charge is -2.22. The van der Waals surface area contributed by atoms with Crippen molar-refractivity contribution in [3.05, 3.63) is 51.5 Å². The van der Waals surface area contributed by atoms with Gasteiger partial charge in [-0.1, -0.05) is 24.3 Å². The molecular formula is C15H15F3N2S. The van der Waals surface area contributed by atoms with Gasteiger partial charge in [0, 0.05) is 23.0 Å². The summed E-state index contributed by atoms with van der Waals surface area (Å²) < 4.78 is 38.1. The summed E-state index contributed by atoms with van der Waals surface area (Å²) in [6, 6.07) is 8.03. The van der Waals surface area contributed by atoms with Crippen LogP contribution in [-0.4, -0.2) is 12.0 Å². The van der Waals surface area contributed by atoms with Gasteiger partial charge >= 0.3 is 6.18 Å². The first kappa shape index (κ1) is 14.5. The number of halogens is 3. The van der Waals surface area contributed by atoms with Gasteiger partial charge in [0.2, 0.25) is 0 Å². The Labute approximate surface area is 125 Å². The number of likely N-dealkylation sites (N-methyl/N-ethyl adjacent to an activating group) is 1. The van der Waals surface area contributed by atoms with Crippen molar-refractivity contribution in [1.82, 2.24) is 10.3 Å². The van der Waals surface area contributed by atoms with Gasteiger partial charge in [-0.2, -0.15) is 13.2 Å². The number of benzene rings is 1. The van der Waals surface area contributed by atoms with Gasteiger partial charge < -0.3 is 5.32 Å². The van der Waals surface area contributed by atoms with Gasteiger partial charge in [0.1, 0.15) is 0 Å². The van der Waals surface area contributed by atoms with E-state index in [0.717, 1.165) is 24.2 Å². The first-order valence-corrected chi connectivity index (χ1v) is 7.60. The second kappa shape index (κ2) is 5.42. The van der Waals surface area contributed by atoms with Gasteiger partial charge in [-0.05, 0) is 31.0 Å². The van der Waals surface area contributed by atoms with E-state index in [-0.39, 0.29) is 12.0 Å². The summed E-state index contributed by atoms with van der Waals surface area (Å²) >= 11 is 0.735. The van der Waals surface area contributed by atoms with E-state index in [1.165, 1.54) is 17.3 Å². The molecule has 0 saturated heterocycles. The number of hydrogen-bond acceptors (Lipinski definition) is 3. The van der Waals surface area contributed by atoms with E-state index in [0.29, 0.717) is 4.88 Å². The molecule has 2 unspecified atom stereocenters. The fraction of sp³-hybridized carbons (Fsp3) is 0.400. The molecule has 1 aromatic carbocycles. The number of hydrogen-bond donors (Lipinski definition) is 1. The fourth-order valence-corrected chi connectivity index (χ4v) is 4.00. The van der Waals surface area contributed by atoms with E-state index in [1.807, 2.05) is 12.1 Å². The number of aryl methyl sites for hydroxylation is 1. The van der Waals surface area contributed by atoms with Gasteiger partial charge in [0.15, 0.2) is 5.01 Å². The number of alkyl halides is 3. The second-order valence-electron chi connectivity index (χ2n) is 5.18. The smallest absolute Gasteiger partial charge is 0.312 e. The van der Waals surface area contributed by atoms with Crippen LogP contribution in [0.3, 0.4) is 0 Å². The zero-order chi connectivity index (χ0) is 15.0. The largest absolute Gasteiger partial charge is 0.443 e. The number of aromatic nitrogens is 1. The minimum absolute atomic E-state index is 0.123. The van der Waals surface area contributed by atoms with Crippen molar-refractivity contribution in [2.75, 3.05) is 7.05 Å². The van der Waals surface area contributed by atoms with Crippen LogP contribution in [0.1, 0.15) is 39.4 Å². The maximum Gasteiger partial charge on any atom is 0.443 e. The van der Waals surface area contributed by atoms with Crippen molar-refractivity contribution in [2.45, 2.75) is 31.0 Å². The van der Waals surface area contributed by atoms with Crippen molar-refractivity contribution in [1.29, 1.82) is 0 Å². The minimum atomic E-state index is -4.37. The van der Waals surface area contributed by atoms with Crippen molar-refractivity contribution in [3.63, 3.8) is 0 Å². The molecule has 1 N–H and O–H groups in total. The summed E-state index contributed by atoms with van der Waals surface area (Å²) in [6.07, 6.45) is -1.08. The first-order valence-electron chi connectivity index (χ1n) is 6.78. The Morgan fingerprint density at radius 1 is 1.33 bits per heavy atom. The average molecular weight is 312 g/mol. The van der Waals surface area contributed by atoms with Gasteiger partial charge in [-0.3, -0.25) is 0 Å². The SMILES string of the molecule is CNC(c1cnc(C(F)(F)F)s1)C1CCc2ccccc21. The lowest BCUT2D eigenvalue weighted by Crippen LogP contribution is -2.21. The molecule has 0 saturated carbocycles. The number of rotatable bonds is 3. The molecule has 2 atom stereocenters. The molecule has 0 amide bonds. The first-order chi connectivity index (χ1) is 10.0. The Bertz CT molecular complexity index is 636. The molecule has 2 nitrogen and oxygen atoms in total. The molecule has 1 aromatic heterocycles. The van der Waals surface area contributed by atoms with Crippen LogP contribution in [-0.2, 0) is 12.6 Å². The zero-order valence-corrected chi connectivity index (χ0v) is 12.3. The van der Waals surface area contributed by atoms with Crippen LogP contribution in [0, 0.1) is 0 Å². The van der Waals surface area contributed by atoms with Crippen LogP contribution in [0.25, 0.3) is 0 Å². The molecule has 0 fully saturated rings. The third-order valence-corrected chi connectivity index (χ3v) is 5.09. The highest BCUT2D eigenvalue weighted by Gasteiger charge is 2.37. The van der Waals surface area contributed by atoms with Gasteiger partial charge in [0.05, 0.1) is 0 Å². The molecule has 1 heterocycles. The number of fused-ring (bicyclic) bond motifs is 1. The molecule has 112 valence electrons. The molecule has 1 aliphatic rings. The molecule has 1 aliphatic carbocycles. The fourth-order valence-electron chi connectivity index (χ4n) is 3.04. The van der Waals surface area contributed by atoms with E-state index in [2.05, 4.69) is 22.4 Å². The van der Waals surface area contributed by atoms with Crippen molar-refractivity contribution >= 4 is 11.3 Å². The quantitative estimate of drug-likeness (QED) is 0.921. The lowest BCUT2D eigenvalue weighted by atomic mass is 9.92. The van der Waals surface area contributed by atoms with E-state index in [4.69, 9.17) is 0 Å². The Morgan fingerprint density at radius 3 is 2.76 bits per heavy atom. The van der Waals surface area contributed by atoms with Crippen LogP contribution in [0.2, 0.25) is 0 Å². The molecule has 0 spiro atoms. The van der Waals surface area contributed by atoms with Crippen molar-refractivity contribution in [2.24, 2.45) is 0 Å². The predicted octanol–water partition coefficient (Wildman–Crippen LogP) is 4.15. The molecule has 21 heavy (non-hydrogen) atoms. The van der Waals surface area contributed by atoms with E-state index < -0.39 is 11.2 Å². The number of nitrogens with zero attached hydrogens (tertiary/aromatic N) is 1. The Hall–Kier alpha value is -1.40. The van der Waals surface area contributed by atoms with Crippen molar-refractivity contribution in [3.8, 4) is 0 Å². The summed E-state index contributed by atoms with van der Waals surface area (Å²) in [5.74, 6) is 0.202. The van der Waals surface area contributed by atoms with E-state index in [1.54, 1.807) is 7.05 Å². The van der Waals surface area contributed by atoms with Crippen LogP contribution in [0.4, 0.5) is 13.2 Å². The Balaban J connectivity index is 1.91. The molecule has 6 heteroatoms. The highest BCUT2D eigenvalue weighted by molar-refractivity contribution is 7.11. The van der Waals surface area contributed by atoms with E-state index in [9.17, 15) is 13.2 Å². The summed E-state index contributed by atoms with van der Waals surface area (Å²) in [5, 5.41) is 2.39. The maximum atomic E-state index is 12.7. The zero-order valence-electron chi connectivity index (χ0n) is 11.4. The molecule has 0 aliphatic heterocycles. The van der Waals surface area contributed by atoms with Crippen LogP contribution >= 0.6 is 11.3 Å².